The van der Waals surface area contributed by atoms with Crippen LogP contribution in [0.2, 0.25) is 0 Å². The minimum atomic E-state index is -1.35. The van der Waals surface area contributed by atoms with E-state index >= 15 is 0 Å². The van der Waals surface area contributed by atoms with Crippen molar-refractivity contribution in [3.8, 4) is 0 Å². The average Bonchev–Trinajstić information content (AvgIpc) is 1.59. The van der Waals surface area contributed by atoms with E-state index in [2.05, 4.69) is 0 Å². The Morgan fingerprint density at radius 3 is 2.71 bits per heavy atom. The molecule has 1 N–H and O–H groups in total. The molecule has 0 amide bonds. The molecule has 0 aromatic rings. The number of hydrogen-bond acceptors (Lipinski definition) is 1. The highest BCUT2D eigenvalue weighted by Gasteiger charge is 1.90. The normalized spacial score (nSPS) is 15.0. The van der Waals surface area contributed by atoms with E-state index in [1.807, 2.05) is 0 Å². The van der Waals surface area contributed by atoms with Crippen LogP contribution in [0.15, 0.2) is 0 Å². The fraction of sp³-hybridized carbons (Fsp3) is 0.800. The van der Waals surface area contributed by atoms with Crippen LogP contribution in [0, 0.1) is 0 Å². The van der Waals surface area contributed by atoms with E-state index in [1.54, 1.807) is 0 Å². The molecule has 0 unspecified atom stereocenters. The Hall–Kier alpha value is -0.530. The maximum atomic E-state index is 9.88. The fourth-order valence-electron chi connectivity index (χ4n) is 0.232. The van der Waals surface area contributed by atoms with Crippen LogP contribution in [0.5, 0.6) is 0 Å². The highest BCUT2D eigenvalue weighted by atomic mass is 16.4. The second kappa shape index (κ2) is 3.65. The van der Waals surface area contributed by atoms with Gasteiger partial charge in [-0.2, -0.15) is 0 Å². The standard InChI is InChI=1S/C5H10O2/c1-2-3-4-5(6)7/h2-4H2,1H3,(H,6,7)/i2D2. The summed E-state index contributed by atoms with van der Waals surface area (Å²) in [6, 6.07) is 0. The minimum Gasteiger partial charge on any atom is -0.481 e. The van der Waals surface area contributed by atoms with Crippen LogP contribution in [0.3, 0.4) is 0 Å². The van der Waals surface area contributed by atoms with Gasteiger partial charge in [-0.05, 0) is 6.42 Å². The first kappa shape index (κ1) is 3.47. The molecule has 0 spiro atoms. The van der Waals surface area contributed by atoms with Gasteiger partial charge in [0.15, 0.2) is 0 Å². The number of carbonyl (C=O) groups is 1. The molecule has 0 heterocycles. The van der Waals surface area contributed by atoms with Gasteiger partial charge in [0.2, 0.25) is 0 Å². The highest BCUT2D eigenvalue weighted by Crippen LogP contribution is 1.91. The summed E-state index contributed by atoms with van der Waals surface area (Å²) in [5, 5.41) is 8.11. The lowest BCUT2D eigenvalue weighted by Crippen LogP contribution is -1.91. The molecule has 0 atom stereocenters. The summed E-state index contributed by atoms with van der Waals surface area (Å²) in [4.78, 5) is 9.88. The minimum absolute atomic E-state index is 0.0856. The molecule has 2 heteroatoms. The predicted molar refractivity (Wildman–Crippen MR) is 27.2 cm³/mol. The van der Waals surface area contributed by atoms with Gasteiger partial charge in [0.05, 0.1) is 0 Å². The Kier molecular flexibility index (Phi) is 1.81. The lowest BCUT2D eigenvalue weighted by molar-refractivity contribution is -0.137. The highest BCUT2D eigenvalue weighted by molar-refractivity contribution is 5.66. The number of aliphatic carboxylic acids is 1. The van der Waals surface area contributed by atoms with E-state index in [0.717, 1.165) is 0 Å². The zero-order valence-electron chi connectivity index (χ0n) is 6.27. The molecule has 0 fully saturated rings. The van der Waals surface area contributed by atoms with Crippen molar-refractivity contribution in [3.05, 3.63) is 0 Å². The largest absolute Gasteiger partial charge is 0.481 e. The zero-order valence-corrected chi connectivity index (χ0v) is 4.27. The van der Waals surface area contributed by atoms with Crippen LogP contribution in [0.1, 0.15) is 28.9 Å². The van der Waals surface area contributed by atoms with E-state index < -0.39 is 12.3 Å². The SMILES string of the molecule is [2H]C([2H])(C)CCC(=O)O. The van der Waals surface area contributed by atoms with Gasteiger partial charge < -0.3 is 5.11 Å². The first-order chi connectivity index (χ1) is 3.92. The molecular formula is C5H10O2. The lowest BCUT2D eigenvalue weighted by atomic mass is 10.3. The number of carboxylic acids is 1. The summed E-state index contributed by atoms with van der Waals surface area (Å²) in [5.74, 6) is -0.944. The van der Waals surface area contributed by atoms with Gasteiger partial charge in [-0.25, -0.2) is 0 Å². The molecule has 0 aliphatic rings. The molecule has 0 aromatic carbocycles. The number of rotatable bonds is 3. The van der Waals surface area contributed by atoms with Crippen molar-refractivity contribution in [2.24, 2.45) is 0 Å². The number of hydrogen-bond donors (Lipinski definition) is 1. The Morgan fingerprint density at radius 2 is 2.57 bits per heavy atom. The van der Waals surface area contributed by atoms with Gasteiger partial charge in [-0.3, -0.25) is 4.79 Å². The quantitative estimate of drug-likeness (QED) is 0.585. The predicted octanol–water partition coefficient (Wildman–Crippen LogP) is 1.26. The van der Waals surface area contributed by atoms with E-state index in [0.29, 0.717) is 0 Å². The van der Waals surface area contributed by atoms with Crippen molar-refractivity contribution < 1.29 is 12.6 Å². The number of carboxylic acid groups (broad SMARTS) is 1. The molecule has 0 bridgehead atoms. The van der Waals surface area contributed by atoms with Crippen LogP contribution in [0.25, 0.3) is 0 Å². The Bertz CT molecular complexity index is 106. The Labute approximate surface area is 46.0 Å². The average molecular weight is 104 g/mol. The van der Waals surface area contributed by atoms with Crippen molar-refractivity contribution in [3.63, 3.8) is 0 Å². The lowest BCUT2D eigenvalue weighted by Gasteiger charge is -1.85. The van der Waals surface area contributed by atoms with Gasteiger partial charge in [0.1, 0.15) is 0 Å². The molecule has 42 valence electrons. The van der Waals surface area contributed by atoms with Gasteiger partial charge >= 0.3 is 5.97 Å². The van der Waals surface area contributed by atoms with Gasteiger partial charge in [0.25, 0.3) is 0 Å². The summed E-state index contributed by atoms with van der Waals surface area (Å²) in [7, 11) is 0. The van der Waals surface area contributed by atoms with Crippen LogP contribution < -0.4 is 0 Å². The third-order valence-corrected chi connectivity index (χ3v) is 0.589. The second-order valence-electron chi connectivity index (χ2n) is 1.25. The topological polar surface area (TPSA) is 37.3 Å². The first-order valence-corrected chi connectivity index (χ1v) is 2.13. The molecule has 0 radical (unpaired) electrons. The molecule has 0 saturated heterocycles. The molecule has 0 saturated carbocycles. The van der Waals surface area contributed by atoms with Gasteiger partial charge in [-0.15, -0.1) is 0 Å². The maximum absolute atomic E-state index is 9.88. The van der Waals surface area contributed by atoms with Crippen molar-refractivity contribution in [2.75, 3.05) is 0 Å². The molecule has 0 aliphatic heterocycles. The Morgan fingerprint density at radius 1 is 2.00 bits per heavy atom. The fourth-order valence-corrected chi connectivity index (χ4v) is 0.232. The van der Waals surface area contributed by atoms with Crippen molar-refractivity contribution in [1.82, 2.24) is 0 Å². The summed E-state index contributed by atoms with van der Waals surface area (Å²) in [6.07, 6.45) is -1.36. The smallest absolute Gasteiger partial charge is 0.303 e. The van der Waals surface area contributed by atoms with Gasteiger partial charge in [-0.1, -0.05) is 13.3 Å². The third-order valence-electron chi connectivity index (χ3n) is 0.589. The van der Waals surface area contributed by atoms with Gasteiger partial charge in [0, 0.05) is 9.16 Å². The summed E-state index contributed by atoms with van der Waals surface area (Å²) < 4.78 is 13.9. The summed E-state index contributed by atoms with van der Waals surface area (Å²) in [5.41, 5.74) is 0. The molecule has 0 aromatic heterocycles. The van der Waals surface area contributed by atoms with E-state index in [9.17, 15) is 4.79 Å². The van der Waals surface area contributed by atoms with Crippen molar-refractivity contribution in [2.45, 2.75) is 26.1 Å². The van der Waals surface area contributed by atoms with Crippen LogP contribution in [-0.2, 0) is 4.79 Å². The second-order valence-corrected chi connectivity index (χ2v) is 1.25. The van der Waals surface area contributed by atoms with Crippen molar-refractivity contribution >= 4 is 5.97 Å². The van der Waals surface area contributed by atoms with Crippen molar-refractivity contribution in [1.29, 1.82) is 0 Å². The maximum Gasteiger partial charge on any atom is 0.303 e. The van der Waals surface area contributed by atoms with Crippen LogP contribution in [-0.4, -0.2) is 11.1 Å². The molecular weight excluding hydrogens is 92.1 g/mol. The Balaban J connectivity index is 3.39. The molecule has 0 aliphatic carbocycles. The first-order valence-electron chi connectivity index (χ1n) is 3.13. The monoisotopic (exact) mass is 104 g/mol. The van der Waals surface area contributed by atoms with Crippen LogP contribution in [0.4, 0.5) is 0 Å². The van der Waals surface area contributed by atoms with Crippen LogP contribution >= 0.6 is 0 Å². The van der Waals surface area contributed by atoms with E-state index in [1.165, 1.54) is 6.92 Å². The third kappa shape index (κ3) is 5.47. The van der Waals surface area contributed by atoms with E-state index in [-0.39, 0.29) is 12.8 Å². The molecule has 7 heavy (non-hydrogen) atoms. The molecule has 0 rings (SSSR count). The summed E-state index contributed by atoms with van der Waals surface area (Å²) in [6.45, 7) is 1.37. The van der Waals surface area contributed by atoms with E-state index in [4.69, 9.17) is 7.85 Å². The zero-order chi connectivity index (χ0) is 7.49. The molecule has 2 nitrogen and oxygen atoms in total. The summed E-state index contributed by atoms with van der Waals surface area (Å²) >= 11 is 0.